The first-order chi connectivity index (χ1) is 9.94. The van der Waals surface area contributed by atoms with E-state index in [1.165, 1.54) is 4.88 Å². The van der Waals surface area contributed by atoms with Crippen LogP contribution in [-0.4, -0.2) is 34.7 Å². The molecular formula is C15H28N4OS. The third kappa shape index (κ3) is 5.63. The number of nitrogens with zero attached hydrogens (tertiary/aromatic N) is 2. The summed E-state index contributed by atoms with van der Waals surface area (Å²) in [6.07, 6.45) is 1.45. The maximum atomic E-state index is 10.3. The van der Waals surface area contributed by atoms with Crippen LogP contribution >= 0.6 is 11.3 Å². The molecule has 3 N–H and O–H groups in total. The first-order valence-corrected chi connectivity index (χ1v) is 8.43. The van der Waals surface area contributed by atoms with Crippen LogP contribution in [-0.2, 0) is 6.54 Å². The molecule has 0 spiro atoms. The summed E-state index contributed by atoms with van der Waals surface area (Å²) in [5, 5.41) is 17.8. The molecule has 0 unspecified atom stereocenters. The molecule has 0 radical (unpaired) electrons. The zero-order chi connectivity index (χ0) is 15.9. The largest absolute Gasteiger partial charge is 0.388 e. The van der Waals surface area contributed by atoms with Crippen molar-refractivity contribution >= 4 is 17.3 Å². The molecule has 0 aliphatic rings. The number of hydrogen-bond acceptors (Lipinski definition) is 4. The van der Waals surface area contributed by atoms with Gasteiger partial charge in [-0.05, 0) is 33.6 Å². The van der Waals surface area contributed by atoms with Crippen molar-refractivity contribution in [1.29, 1.82) is 0 Å². The standard InChI is InChI=1S/C15H28N4OS/c1-6-15(20,7-2)10-18-14(16-8-3)17-9-13-19-11(4)12(5)21-13/h20H,6-10H2,1-5H3,(H2,16,17,18). The first-order valence-electron chi connectivity index (χ1n) is 7.61. The van der Waals surface area contributed by atoms with E-state index in [0.717, 1.165) is 36.0 Å². The fourth-order valence-electron chi connectivity index (χ4n) is 1.84. The molecule has 6 heteroatoms. The average molecular weight is 312 g/mol. The Balaban J connectivity index is 2.65. The highest BCUT2D eigenvalue weighted by Crippen LogP contribution is 2.17. The lowest BCUT2D eigenvalue weighted by molar-refractivity contribution is 0.0367. The van der Waals surface area contributed by atoms with E-state index in [1.54, 1.807) is 11.3 Å². The van der Waals surface area contributed by atoms with Crippen molar-refractivity contribution in [2.45, 2.75) is 59.6 Å². The van der Waals surface area contributed by atoms with E-state index >= 15 is 0 Å². The molecule has 120 valence electrons. The lowest BCUT2D eigenvalue weighted by atomic mass is 9.98. The fraction of sp³-hybridized carbons (Fsp3) is 0.733. The monoisotopic (exact) mass is 312 g/mol. The maximum Gasteiger partial charge on any atom is 0.191 e. The number of hydrogen-bond donors (Lipinski definition) is 3. The molecule has 0 aromatic carbocycles. The van der Waals surface area contributed by atoms with E-state index in [2.05, 4.69) is 27.5 Å². The first kappa shape index (κ1) is 17.9. The van der Waals surface area contributed by atoms with Crippen molar-refractivity contribution in [1.82, 2.24) is 15.6 Å². The predicted molar refractivity (Wildman–Crippen MR) is 89.9 cm³/mol. The van der Waals surface area contributed by atoms with Crippen LogP contribution in [0.1, 0.15) is 49.2 Å². The number of rotatable bonds is 7. The van der Waals surface area contributed by atoms with E-state index in [1.807, 2.05) is 27.7 Å². The molecule has 0 aliphatic carbocycles. The average Bonchev–Trinajstić information content (AvgIpc) is 2.80. The third-order valence-corrected chi connectivity index (χ3v) is 4.75. The number of aliphatic imine (C=N–C) groups is 1. The minimum atomic E-state index is -0.676. The highest BCUT2D eigenvalue weighted by Gasteiger charge is 2.22. The van der Waals surface area contributed by atoms with E-state index < -0.39 is 5.60 Å². The molecule has 0 bridgehead atoms. The molecule has 0 amide bonds. The van der Waals surface area contributed by atoms with E-state index in [4.69, 9.17) is 0 Å². The summed E-state index contributed by atoms with van der Waals surface area (Å²) in [6, 6.07) is 0. The van der Waals surface area contributed by atoms with Gasteiger partial charge < -0.3 is 15.7 Å². The fourth-order valence-corrected chi connectivity index (χ4v) is 2.70. The molecule has 1 aromatic rings. The zero-order valence-corrected chi connectivity index (χ0v) is 14.6. The molecule has 1 aromatic heterocycles. The van der Waals surface area contributed by atoms with Crippen LogP contribution in [0.5, 0.6) is 0 Å². The van der Waals surface area contributed by atoms with Gasteiger partial charge in [0, 0.05) is 18.0 Å². The van der Waals surface area contributed by atoms with Crippen LogP contribution in [0.4, 0.5) is 0 Å². The van der Waals surface area contributed by atoms with Crippen LogP contribution < -0.4 is 10.6 Å². The van der Waals surface area contributed by atoms with Crippen LogP contribution in [0, 0.1) is 13.8 Å². The van der Waals surface area contributed by atoms with Crippen LogP contribution in [0.15, 0.2) is 4.99 Å². The number of nitrogens with one attached hydrogen (secondary N) is 2. The SMILES string of the molecule is CCNC(=NCc1nc(C)c(C)s1)NCC(O)(CC)CC. The quantitative estimate of drug-likeness (QED) is 0.534. The van der Waals surface area contributed by atoms with Gasteiger partial charge in [0.15, 0.2) is 5.96 Å². The van der Waals surface area contributed by atoms with Gasteiger partial charge in [-0.15, -0.1) is 11.3 Å². The second kappa shape index (κ2) is 8.34. The Morgan fingerprint density at radius 3 is 2.38 bits per heavy atom. The van der Waals surface area contributed by atoms with E-state index in [9.17, 15) is 5.11 Å². The van der Waals surface area contributed by atoms with Crippen molar-refractivity contribution in [3.8, 4) is 0 Å². The number of thiazole rings is 1. The number of guanidine groups is 1. The second-order valence-electron chi connectivity index (χ2n) is 5.23. The van der Waals surface area contributed by atoms with E-state index in [0.29, 0.717) is 13.1 Å². The summed E-state index contributed by atoms with van der Waals surface area (Å²) in [6.45, 7) is 12.0. The molecule has 0 saturated heterocycles. The smallest absolute Gasteiger partial charge is 0.191 e. The van der Waals surface area contributed by atoms with Gasteiger partial charge in [-0.1, -0.05) is 13.8 Å². The van der Waals surface area contributed by atoms with E-state index in [-0.39, 0.29) is 0 Å². The maximum absolute atomic E-state index is 10.3. The molecule has 5 nitrogen and oxygen atoms in total. The lowest BCUT2D eigenvalue weighted by Gasteiger charge is -2.26. The van der Waals surface area contributed by atoms with Gasteiger partial charge in [-0.3, -0.25) is 0 Å². The van der Waals surface area contributed by atoms with Gasteiger partial charge in [0.05, 0.1) is 17.8 Å². The summed E-state index contributed by atoms with van der Waals surface area (Å²) in [7, 11) is 0. The Morgan fingerprint density at radius 1 is 1.24 bits per heavy atom. The van der Waals surface area contributed by atoms with Crippen LogP contribution in [0.2, 0.25) is 0 Å². The Morgan fingerprint density at radius 2 is 1.90 bits per heavy atom. The van der Waals surface area contributed by atoms with Crippen molar-refractivity contribution in [3.05, 3.63) is 15.6 Å². The molecule has 0 atom stereocenters. The molecule has 0 aliphatic heterocycles. The Labute approximate surface area is 131 Å². The molecule has 1 heterocycles. The van der Waals surface area contributed by atoms with Crippen molar-refractivity contribution in [2.24, 2.45) is 4.99 Å². The lowest BCUT2D eigenvalue weighted by Crippen LogP contribution is -2.46. The van der Waals surface area contributed by atoms with Gasteiger partial charge in [-0.2, -0.15) is 0 Å². The van der Waals surface area contributed by atoms with Crippen molar-refractivity contribution in [3.63, 3.8) is 0 Å². The summed E-state index contributed by atoms with van der Waals surface area (Å²) in [4.78, 5) is 10.3. The summed E-state index contributed by atoms with van der Waals surface area (Å²) >= 11 is 1.68. The highest BCUT2D eigenvalue weighted by molar-refractivity contribution is 7.11. The Hall–Kier alpha value is -1.14. The number of aryl methyl sites for hydroxylation is 2. The van der Waals surface area contributed by atoms with Gasteiger partial charge >= 0.3 is 0 Å². The summed E-state index contributed by atoms with van der Waals surface area (Å²) in [5.74, 6) is 0.725. The summed E-state index contributed by atoms with van der Waals surface area (Å²) in [5.41, 5.74) is 0.402. The van der Waals surface area contributed by atoms with Crippen molar-refractivity contribution < 1.29 is 5.11 Å². The molecule has 21 heavy (non-hydrogen) atoms. The number of aliphatic hydroxyl groups is 1. The molecule has 1 rings (SSSR count). The minimum absolute atomic E-state index is 0.502. The topological polar surface area (TPSA) is 69.5 Å². The van der Waals surface area contributed by atoms with Crippen LogP contribution in [0.25, 0.3) is 0 Å². The summed E-state index contributed by atoms with van der Waals surface area (Å²) < 4.78 is 0. The van der Waals surface area contributed by atoms with Gasteiger partial charge in [0.2, 0.25) is 0 Å². The van der Waals surface area contributed by atoms with Crippen LogP contribution in [0.3, 0.4) is 0 Å². The van der Waals surface area contributed by atoms with Gasteiger partial charge in [0.25, 0.3) is 0 Å². The van der Waals surface area contributed by atoms with Gasteiger partial charge in [0.1, 0.15) is 5.01 Å². The third-order valence-electron chi connectivity index (χ3n) is 3.69. The van der Waals surface area contributed by atoms with Gasteiger partial charge in [-0.25, -0.2) is 9.98 Å². The zero-order valence-electron chi connectivity index (χ0n) is 13.8. The minimum Gasteiger partial charge on any atom is -0.388 e. The normalized spacial score (nSPS) is 12.6. The van der Waals surface area contributed by atoms with Crippen molar-refractivity contribution in [2.75, 3.05) is 13.1 Å². The molecular weight excluding hydrogens is 284 g/mol. The molecule has 0 saturated carbocycles. The predicted octanol–water partition coefficient (Wildman–Crippen LogP) is 2.37. The highest BCUT2D eigenvalue weighted by atomic mass is 32.1. The second-order valence-corrected chi connectivity index (χ2v) is 6.52. The Kier molecular flexibility index (Phi) is 7.11. The Bertz CT molecular complexity index is 447. The number of aromatic nitrogens is 1. The molecule has 0 fully saturated rings.